The molecule has 1 N–H and O–H groups in total. The molecule has 0 fully saturated rings. The van der Waals surface area contributed by atoms with Crippen LogP contribution in [0.3, 0.4) is 0 Å². The molecular weight excluding hydrogens is 402 g/mol. The zero-order valence-electron chi connectivity index (χ0n) is 16.2. The molecule has 0 unspecified atom stereocenters. The number of amides is 1. The van der Waals surface area contributed by atoms with Crippen LogP contribution in [0.2, 0.25) is 0 Å². The lowest BCUT2D eigenvalue weighted by Crippen LogP contribution is -2.21. The number of carbonyl (C=O) groups is 2. The van der Waals surface area contributed by atoms with Gasteiger partial charge in [-0.2, -0.15) is 10.1 Å². The maximum Gasteiger partial charge on any atom is 0.335 e. The van der Waals surface area contributed by atoms with E-state index < -0.39 is 16.8 Å². The Morgan fingerprint density at radius 3 is 2.58 bits per heavy atom. The van der Waals surface area contributed by atoms with Gasteiger partial charge in [0.05, 0.1) is 27.5 Å². The molecule has 9 nitrogen and oxygen atoms in total. The van der Waals surface area contributed by atoms with E-state index in [-0.39, 0.29) is 11.3 Å². The zero-order chi connectivity index (χ0) is 22.1. The molecule has 31 heavy (non-hydrogen) atoms. The number of hydrogen-bond acceptors (Lipinski definition) is 6. The van der Waals surface area contributed by atoms with Crippen molar-refractivity contribution >= 4 is 35.0 Å². The van der Waals surface area contributed by atoms with Crippen LogP contribution in [0.1, 0.15) is 23.0 Å². The molecule has 0 spiro atoms. The fraction of sp³-hybridized carbons (Fsp3) is 0.0455. The molecule has 0 atom stereocenters. The maximum atomic E-state index is 12.9. The molecule has 0 saturated heterocycles. The van der Waals surface area contributed by atoms with Crippen molar-refractivity contribution in [2.24, 2.45) is 5.10 Å². The van der Waals surface area contributed by atoms with Gasteiger partial charge in [-0.25, -0.2) is 4.79 Å². The number of nitrogens with zero attached hydrogens (tertiary/aromatic N) is 3. The Morgan fingerprint density at radius 2 is 1.90 bits per heavy atom. The third kappa shape index (κ3) is 3.84. The third-order valence-electron chi connectivity index (χ3n) is 4.68. The Bertz CT molecular complexity index is 1270. The van der Waals surface area contributed by atoms with Crippen LogP contribution in [-0.2, 0) is 4.79 Å². The highest BCUT2D eigenvalue weighted by Crippen LogP contribution is 2.28. The van der Waals surface area contributed by atoms with E-state index in [1.807, 2.05) is 0 Å². The Hall–Kier alpha value is -4.53. The highest BCUT2D eigenvalue weighted by Gasteiger charge is 2.29. The first-order valence-corrected chi connectivity index (χ1v) is 9.13. The van der Waals surface area contributed by atoms with E-state index in [0.29, 0.717) is 34.1 Å². The third-order valence-corrected chi connectivity index (χ3v) is 4.68. The molecule has 2 aromatic carbocycles. The summed E-state index contributed by atoms with van der Waals surface area (Å²) in [5.41, 5.74) is 1.80. The predicted octanol–water partition coefficient (Wildman–Crippen LogP) is 4.36. The van der Waals surface area contributed by atoms with Crippen molar-refractivity contribution in [1.29, 1.82) is 0 Å². The summed E-state index contributed by atoms with van der Waals surface area (Å²) in [6.45, 7) is 1.67. The van der Waals surface area contributed by atoms with Crippen molar-refractivity contribution in [3.8, 4) is 11.3 Å². The highest BCUT2D eigenvalue weighted by atomic mass is 16.6. The minimum absolute atomic E-state index is 0.0203. The van der Waals surface area contributed by atoms with Crippen molar-refractivity contribution in [1.82, 2.24) is 0 Å². The smallest absolute Gasteiger partial charge is 0.335 e. The summed E-state index contributed by atoms with van der Waals surface area (Å²) in [4.78, 5) is 34.4. The number of non-ortho nitro benzene ring substituents is 1. The second kappa shape index (κ2) is 7.71. The summed E-state index contributed by atoms with van der Waals surface area (Å²) in [6.07, 6.45) is 1.55. The Balaban J connectivity index is 1.59. The standard InChI is InChI=1S/C22H15N3O6/c1-13-19(21(26)24(23-13)17-4-2-3-15(11-17)22(27)28)12-18-9-10-20(31-18)14-5-7-16(8-6-14)25(29)30/h2-12H,1H3,(H,27,28). The van der Waals surface area contributed by atoms with Crippen LogP contribution in [0.4, 0.5) is 11.4 Å². The second-order valence-corrected chi connectivity index (χ2v) is 6.72. The van der Waals surface area contributed by atoms with E-state index in [0.717, 1.165) is 5.01 Å². The van der Waals surface area contributed by atoms with Gasteiger partial charge in [-0.1, -0.05) is 6.07 Å². The average molecular weight is 417 g/mol. The van der Waals surface area contributed by atoms with E-state index in [2.05, 4.69) is 5.10 Å². The van der Waals surface area contributed by atoms with Gasteiger partial charge in [-0.15, -0.1) is 0 Å². The zero-order valence-corrected chi connectivity index (χ0v) is 16.2. The largest absolute Gasteiger partial charge is 0.478 e. The molecule has 9 heteroatoms. The quantitative estimate of drug-likeness (QED) is 0.373. The number of carbonyl (C=O) groups excluding carboxylic acids is 1. The Morgan fingerprint density at radius 1 is 1.16 bits per heavy atom. The maximum absolute atomic E-state index is 12.9. The van der Waals surface area contributed by atoms with Crippen LogP contribution < -0.4 is 5.01 Å². The molecule has 0 bridgehead atoms. The van der Waals surface area contributed by atoms with Gasteiger partial charge in [0.1, 0.15) is 11.5 Å². The summed E-state index contributed by atoms with van der Waals surface area (Å²) in [7, 11) is 0. The van der Waals surface area contributed by atoms with Crippen LogP contribution >= 0.6 is 0 Å². The number of hydrazone groups is 1. The second-order valence-electron chi connectivity index (χ2n) is 6.72. The molecule has 2 heterocycles. The molecule has 3 aromatic rings. The molecule has 1 amide bonds. The van der Waals surface area contributed by atoms with Gasteiger partial charge >= 0.3 is 5.97 Å². The number of aromatic carboxylic acids is 1. The number of hydrogen-bond donors (Lipinski definition) is 1. The van der Waals surface area contributed by atoms with E-state index in [1.54, 1.807) is 49.4 Å². The molecule has 0 radical (unpaired) electrons. The van der Waals surface area contributed by atoms with Crippen molar-refractivity contribution in [2.45, 2.75) is 6.92 Å². The molecule has 0 aliphatic carbocycles. The molecule has 1 aliphatic heterocycles. The molecule has 1 aliphatic rings. The number of benzene rings is 2. The van der Waals surface area contributed by atoms with Crippen LogP contribution in [0.5, 0.6) is 0 Å². The van der Waals surface area contributed by atoms with Crippen LogP contribution in [0, 0.1) is 10.1 Å². The van der Waals surface area contributed by atoms with Gasteiger partial charge in [-0.3, -0.25) is 14.9 Å². The SMILES string of the molecule is CC1=NN(c2cccc(C(=O)O)c2)C(=O)C1=Cc1ccc(-c2ccc([N+](=O)[O-])cc2)o1. The summed E-state index contributed by atoms with van der Waals surface area (Å²) in [6, 6.07) is 15.3. The number of carboxylic acids is 1. The topological polar surface area (TPSA) is 126 Å². The molecule has 4 rings (SSSR count). The lowest BCUT2D eigenvalue weighted by Gasteiger charge is -2.12. The van der Waals surface area contributed by atoms with E-state index in [4.69, 9.17) is 9.52 Å². The van der Waals surface area contributed by atoms with Gasteiger partial charge in [0.25, 0.3) is 11.6 Å². The highest BCUT2D eigenvalue weighted by molar-refractivity contribution is 6.32. The first-order valence-electron chi connectivity index (χ1n) is 9.13. The van der Waals surface area contributed by atoms with Crippen LogP contribution in [0.15, 0.2) is 75.8 Å². The molecule has 0 saturated carbocycles. The summed E-state index contributed by atoms with van der Waals surface area (Å²) in [5.74, 6) is -0.604. The Labute approximate surface area is 175 Å². The number of furan rings is 1. The summed E-state index contributed by atoms with van der Waals surface area (Å²) < 4.78 is 5.77. The first-order chi connectivity index (χ1) is 14.8. The van der Waals surface area contributed by atoms with Crippen LogP contribution in [0.25, 0.3) is 17.4 Å². The van der Waals surface area contributed by atoms with E-state index >= 15 is 0 Å². The van der Waals surface area contributed by atoms with E-state index in [1.165, 1.54) is 24.3 Å². The minimum atomic E-state index is -1.10. The molecule has 1 aromatic heterocycles. The normalized spacial score (nSPS) is 14.7. The fourth-order valence-electron chi connectivity index (χ4n) is 3.11. The van der Waals surface area contributed by atoms with Gasteiger partial charge in [0, 0.05) is 17.7 Å². The number of nitro groups is 1. The van der Waals surface area contributed by atoms with Crippen molar-refractivity contribution in [2.75, 3.05) is 5.01 Å². The Kier molecular flexibility index (Phi) is 4.92. The lowest BCUT2D eigenvalue weighted by atomic mass is 10.1. The number of rotatable bonds is 5. The summed E-state index contributed by atoms with van der Waals surface area (Å²) in [5, 5.41) is 25.3. The van der Waals surface area contributed by atoms with Gasteiger partial charge < -0.3 is 9.52 Å². The lowest BCUT2D eigenvalue weighted by molar-refractivity contribution is -0.384. The number of carboxylic acid groups (broad SMARTS) is 1. The van der Waals surface area contributed by atoms with Gasteiger partial charge in [0.2, 0.25) is 0 Å². The number of anilines is 1. The fourth-order valence-corrected chi connectivity index (χ4v) is 3.11. The van der Waals surface area contributed by atoms with Crippen molar-refractivity contribution < 1.29 is 24.0 Å². The summed E-state index contributed by atoms with van der Waals surface area (Å²) >= 11 is 0. The molecular formula is C22H15N3O6. The number of nitro benzene ring substituents is 1. The average Bonchev–Trinajstić information content (AvgIpc) is 3.34. The molecule has 154 valence electrons. The van der Waals surface area contributed by atoms with Crippen molar-refractivity contribution in [3.05, 3.63) is 87.7 Å². The predicted molar refractivity (Wildman–Crippen MR) is 113 cm³/mol. The minimum Gasteiger partial charge on any atom is -0.478 e. The van der Waals surface area contributed by atoms with E-state index in [9.17, 15) is 19.7 Å². The van der Waals surface area contributed by atoms with Crippen LogP contribution in [-0.4, -0.2) is 27.6 Å². The van der Waals surface area contributed by atoms with Gasteiger partial charge in [0.15, 0.2) is 0 Å². The first kappa shape index (κ1) is 19.8. The monoisotopic (exact) mass is 417 g/mol. The van der Waals surface area contributed by atoms with Crippen molar-refractivity contribution in [3.63, 3.8) is 0 Å². The van der Waals surface area contributed by atoms with Gasteiger partial charge in [-0.05, 0) is 55.5 Å².